The number of benzene rings is 2. The first-order chi connectivity index (χ1) is 11.5. The van der Waals surface area contributed by atoms with E-state index in [0.29, 0.717) is 5.92 Å². The molecule has 3 heteroatoms. The van der Waals surface area contributed by atoms with Gasteiger partial charge in [-0.2, -0.15) is 0 Å². The van der Waals surface area contributed by atoms with E-state index in [-0.39, 0.29) is 18.6 Å². The first kappa shape index (κ1) is 18.1. The summed E-state index contributed by atoms with van der Waals surface area (Å²) in [7, 11) is 0. The molecule has 1 amide bonds. The van der Waals surface area contributed by atoms with Gasteiger partial charge in [0.05, 0.1) is 6.04 Å². The second kappa shape index (κ2) is 8.53. The van der Waals surface area contributed by atoms with E-state index in [9.17, 15) is 4.79 Å². The van der Waals surface area contributed by atoms with Gasteiger partial charge in [-0.3, -0.25) is 4.79 Å². The van der Waals surface area contributed by atoms with E-state index in [4.69, 9.17) is 4.74 Å². The molecule has 1 atom stereocenters. The van der Waals surface area contributed by atoms with Crippen LogP contribution in [0.2, 0.25) is 0 Å². The third-order valence-corrected chi connectivity index (χ3v) is 4.09. The third kappa shape index (κ3) is 5.12. The molecule has 0 radical (unpaired) electrons. The highest BCUT2D eigenvalue weighted by molar-refractivity contribution is 5.78. The molecule has 2 aromatic rings. The summed E-state index contributed by atoms with van der Waals surface area (Å²) in [5.41, 5.74) is 3.55. The number of carbonyl (C=O) groups excluding carboxylic acids is 1. The van der Waals surface area contributed by atoms with Crippen molar-refractivity contribution in [1.82, 2.24) is 5.32 Å². The molecule has 0 aliphatic heterocycles. The summed E-state index contributed by atoms with van der Waals surface area (Å²) >= 11 is 0. The Morgan fingerprint density at radius 1 is 1.12 bits per heavy atom. The summed E-state index contributed by atoms with van der Waals surface area (Å²) in [6.07, 6.45) is 1.02. The van der Waals surface area contributed by atoms with E-state index >= 15 is 0 Å². The Hall–Kier alpha value is -2.29. The van der Waals surface area contributed by atoms with Crippen LogP contribution in [0.5, 0.6) is 5.75 Å². The molecule has 0 spiro atoms. The Kier molecular flexibility index (Phi) is 6.42. The highest BCUT2D eigenvalue weighted by Gasteiger charge is 2.18. The summed E-state index contributed by atoms with van der Waals surface area (Å²) < 4.78 is 5.59. The van der Waals surface area contributed by atoms with Crippen molar-refractivity contribution in [3.8, 4) is 5.75 Å². The molecule has 1 N–H and O–H groups in total. The standard InChI is InChI=1S/C21H27NO2/c1-5-17-9-11-18(12-10-17)21(15(2)3)22-20(23)14-24-19-8-6-7-16(4)13-19/h6-13,15,21H,5,14H2,1-4H3,(H,22,23). The van der Waals surface area contributed by atoms with E-state index in [1.807, 2.05) is 31.2 Å². The maximum Gasteiger partial charge on any atom is 0.258 e. The van der Waals surface area contributed by atoms with Crippen molar-refractivity contribution in [3.63, 3.8) is 0 Å². The van der Waals surface area contributed by atoms with Crippen LogP contribution < -0.4 is 10.1 Å². The fourth-order valence-corrected chi connectivity index (χ4v) is 2.66. The lowest BCUT2D eigenvalue weighted by Gasteiger charge is -2.23. The molecule has 0 fully saturated rings. The maximum absolute atomic E-state index is 12.3. The van der Waals surface area contributed by atoms with Crippen LogP contribution in [-0.2, 0) is 11.2 Å². The van der Waals surface area contributed by atoms with Gasteiger partial charge in [-0.25, -0.2) is 0 Å². The van der Waals surface area contributed by atoms with E-state index in [2.05, 4.69) is 50.4 Å². The Morgan fingerprint density at radius 2 is 1.83 bits per heavy atom. The molecule has 2 aromatic carbocycles. The van der Waals surface area contributed by atoms with Crippen LogP contribution >= 0.6 is 0 Å². The number of ether oxygens (including phenoxy) is 1. The zero-order chi connectivity index (χ0) is 17.5. The summed E-state index contributed by atoms with van der Waals surface area (Å²) in [5, 5.41) is 3.09. The van der Waals surface area contributed by atoms with E-state index in [1.54, 1.807) is 0 Å². The summed E-state index contributed by atoms with van der Waals surface area (Å²) in [4.78, 5) is 12.3. The van der Waals surface area contributed by atoms with Crippen LogP contribution in [0.1, 0.15) is 43.5 Å². The predicted octanol–water partition coefficient (Wildman–Crippen LogP) is 4.45. The number of hydrogen-bond acceptors (Lipinski definition) is 2. The first-order valence-corrected chi connectivity index (χ1v) is 8.57. The molecular weight excluding hydrogens is 298 g/mol. The van der Waals surface area contributed by atoms with Crippen molar-refractivity contribution in [2.45, 2.75) is 40.2 Å². The molecule has 3 nitrogen and oxygen atoms in total. The van der Waals surface area contributed by atoms with Crippen LogP contribution in [0.25, 0.3) is 0 Å². The monoisotopic (exact) mass is 325 g/mol. The molecule has 128 valence electrons. The molecular formula is C21H27NO2. The van der Waals surface area contributed by atoms with Gasteiger partial charge >= 0.3 is 0 Å². The van der Waals surface area contributed by atoms with Crippen LogP contribution in [0.15, 0.2) is 48.5 Å². The lowest BCUT2D eigenvalue weighted by molar-refractivity contribution is -0.124. The average molecular weight is 325 g/mol. The maximum atomic E-state index is 12.3. The number of carbonyl (C=O) groups is 1. The number of amides is 1. The largest absolute Gasteiger partial charge is 0.484 e. The van der Waals surface area contributed by atoms with Gasteiger partial charge in [-0.1, -0.05) is 57.2 Å². The van der Waals surface area contributed by atoms with E-state index in [1.165, 1.54) is 5.56 Å². The van der Waals surface area contributed by atoms with Crippen LogP contribution in [-0.4, -0.2) is 12.5 Å². The van der Waals surface area contributed by atoms with Gasteiger partial charge in [0.2, 0.25) is 0 Å². The molecule has 0 saturated heterocycles. The Bertz CT molecular complexity index is 662. The molecule has 0 aliphatic carbocycles. The van der Waals surface area contributed by atoms with Crippen molar-refractivity contribution in [2.75, 3.05) is 6.61 Å². The van der Waals surface area contributed by atoms with Crippen LogP contribution in [0.4, 0.5) is 0 Å². The van der Waals surface area contributed by atoms with Crippen molar-refractivity contribution in [2.24, 2.45) is 5.92 Å². The Balaban J connectivity index is 1.97. The predicted molar refractivity (Wildman–Crippen MR) is 98.2 cm³/mol. The molecule has 2 rings (SSSR count). The molecule has 0 saturated carbocycles. The van der Waals surface area contributed by atoms with Crippen molar-refractivity contribution < 1.29 is 9.53 Å². The van der Waals surface area contributed by atoms with E-state index in [0.717, 1.165) is 23.3 Å². The highest BCUT2D eigenvalue weighted by Crippen LogP contribution is 2.22. The minimum atomic E-state index is -0.102. The van der Waals surface area contributed by atoms with Gasteiger partial charge in [-0.15, -0.1) is 0 Å². The Labute approximate surface area is 145 Å². The van der Waals surface area contributed by atoms with Crippen molar-refractivity contribution in [3.05, 3.63) is 65.2 Å². The lowest BCUT2D eigenvalue weighted by Crippen LogP contribution is -2.35. The third-order valence-electron chi connectivity index (χ3n) is 4.09. The second-order valence-corrected chi connectivity index (χ2v) is 6.49. The highest BCUT2D eigenvalue weighted by atomic mass is 16.5. The van der Waals surface area contributed by atoms with Crippen molar-refractivity contribution in [1.29, 1.82) is 0 Å². The molecule has 0 aromatic heterocycles. The quantitative estimate of drug-likeness (QED) is 0.817. The van der Waals surface area contributed by atoms with Gasteiger partial charge in [0.15, 0.2) is 6.61 Å². The number of aryl methyl sites for hydroxylation is 2. The van der Waals surface area contributed by atoms with Crippen molar-refractivity contribution >= 4 is 5.91 Å². The summed E-state index contributed by atoms with van der Waals surface area (Å²) in [5.74, 6) is 0.925. The van der Waals surface area contributed by atoms with E-state index < -0.39 is 0 Å². The molecule has 1 unspecified atom stereocenters. The van der Waals surface area contributed by atoms with Gasteiger partial charge in [0.25, 0.3) is 5.91 Å². The van der Waals surface area contributed by atoms with Gasteiger partial charge in [0, 0.05) is 0 Å². The SMILES string of the molecule is CCc1ccc(C(NC(=O)COc2cccc(C)c2)C(C)C)cc1. The molecule has 24 heavy (non-hydrogen) atoms. The number of nitrogens with one attached hydrogen (secondary N) is 1. The molecule has 0 heterocycles. The smallest absolute Gasteiger partial charge is 0.258 e. The first-order valence-electron chi connectivity index (χ1n) is 8.57. The molecule has 0 bridgehead atoms. The average Bonchev–Trinajstić information content (AvgIpc) is 2.58. The van der Waals surface area contributed by atoms with Gasteiger partial charge in [-0.05, 0) is 48.1 Å². The topological polar surface area (TPSA) is 38.3 Å². The number of rotatable bonds is 7. The van der Waals surface area contributed by atoms with Gasteiger partial charge in [0.1, 0.15) is 5.75 Å². The normalized spacial score (nSPS) is 12.0. The minimum Gasteiger partial charge on any atom is -0.484 e. The minimum absolute atomic E-state index is 0.00971. The summed E-state index contributed by atoms with van der Waals surface area (Å²) in [6.45, 7) is 8.39. The summed E-state index contributed by atoms with van der Waals surface area (Å²) in [6, 6.07) is 16.2. The fourth-order valence-electron chi connectivity index (χ4n) is 2.66. The lowest BCUT2D eigenvalue weighted by atomic mass is 9.95. The fraction of sp³-hybridized carbons (Fsp3) is 0.381. The zero-order valence-corrected chi connectivity index (χ0v) is 15.0. The second-order valence-electron chi connectivity index (χ2n) is 6.49. The number of hydrogen-bond donors (Lipinski definition) is 1. The zero-order valence-electron chi connectivity index (χ0n) is 15.0. The van der Waals surface area contributed by atoms with Gasteiger partial charge < -0.3 is 10.1 Å². The Morgan fingerprint density at radius 3 is 2.42 bits per heavy atom. The van der Waals surface area contributed by atoms with Crippen LogP contribution in [0, 0.1) is 12.8 Å². The molecule has 0 aliphatic rings. The van der Waals surface area contributed by atoms with Crippen LogP contribution in [0.3, 0.4) is 0 Å².